The molecule has 0 aliphatic carbocycles. The van der Waals surface area contributed by atoms with E-state index in [1.54, 1.807) is 0 Å². The predicted molar refractivity (Wildman–Crippen MR) is 71.6 cm³/mol. The van der Waals surface area contributed by atoms with Gasteiger partial charge in [0.1, 0.15) is 0 Å². The van der Waals surface area contributed by atoms with Gasteiger partial charge in [0.05, 0.1) is 18.8 Å². The summed E-state index contributed by atoms with van der Waals surface area (Å²) in [5, 5.41) is 0. The highest BCUT2D eigenvalue weighted by Crippen LogP contribution is 2.21. The van der Waals surface area contributed by atoms with E-state index < -0.39 is 0 Å². The van der Waals surface area contributed by atoms with Gasteiger partial charge >= 0.3 is 6.03 Å². The molecule has 0 spiro atoms. The van der Waals surface area contributed by atoms with E-state index in [2.05, 4.69) is 13.8 Å². The molecule has 0 N–H and O–H groups in total. The molecule has 2 aliphatic rings. The molecule has 4 nitrogen and oxygen atoms in total. The predicted octanol–water partition coefficient (Wildman–Crippen LogP) is 2.34. The van der Waals surface area contributed by atoms with Gasteiger partial charge in [-0.05, 0) is 32.1 Å². The maximum atomic E-state index is 12.6. The Bertz CT molecular complexity index is 296. The molecular weight excluding hydrogens is 228 g/mol. The normalized spacial score (nSPS) is 33.6. The van der Waals surface area contributed by atoms with Crippen LogP contribution in [-0.2, 0) is 4.74 Å². The van der Waals surface area contributed by atoms with Crippen LogP contribution in [0.1, 0.15) is 40.0 Å². The second-order valence-corrected chi connectivity index (χ2v) is 5.83. The van der Waals surface area contributed by atoms with Gasteiger partial charge in [-0.15, -0.1) is 0 Å². The van der Waals surface area contributed by atoms with Crippen LogP contribution >= 0.6 is 0 Å². The van der Waals surface area contributed by atoms with Crippen molar-refractivity contribution in [1.82, 2.24) is 9.80 Å². The number of ether oxygens (including phenoxy) is 1. The molecule has 0 bridgehead atoms. The van der Waals surface area contributed by atoms with Gasteiger partial charge in [0.15, 0.2) is 0 Å². The van der Waals surface area contributed by atoms with Crippen LogP contribution in [0.15, 0.2) is 0 Å². The third-order valence-electron chi connectivity index (χ3n) is 4.11. The minimum absolute atomic E-state index is 0.166. The van der Waals surface area contributed by atoms with Gasteiger partial charge in [0.2, 0.25) is 0 Å². The second-order valence-electron chi connectivity index (χ2n) is 5.83. The Morgan fingerprint density at radius 2 is 2.11 bits per heavy atom. The fourth-order valence-electron chi connectivity index (χ4n) is 2.96. The van der Waals surface area contributed by atoms with Crippen molar-refractivity contribution in [1.29, 1.82) is 0 Å². The molecule has 2 aliphatic heterocycles. The number of urea groups is 1. The summed E-state index contributed by atoms with van der Waals surface area (Å²) in [4.78, 5) is 16.7. The highest BCUT2D eigenvalue weighted by atomic mass is 16.5. The van der Waals surface area contributed by atoms with Crippen molar-refractivity contribution in [2.75, 3.05) is 26.2 Å². The molecule has 4 heteroatoms. The van der Waals surface area contributed by atoms with E-state index >= 15 is 0 Å². The van der Waals surface area contributed by atoms with Gasteiger partial charge in [-0.1, -0.05) is 13.8 Å². The Hall–Kier alpha value is -0.770. The number of carbonyl (C=O) groups excluding carboxylic acids is 1. The lowest BCUT2D eigenvalue weighted by Crippen LogP contribution is -2.56. The van der Waals surface area contributed by atoms with E-state index in [1.807, 2.05) is 16.7 Å². The molecule has 2 fully saturated rings. The maximum absolute atomic E-state index is 12.6. The van der Waals surface area contributed by atoms with Crippen molar-refractivity contribution in [2.24, 2.45) is 5.92 Å². The van der Waals surface area contributed by atoms with Crippen molar-refractivity contribution in [3.63, 3.8) is 0 Å². The van der Waals surface area contributed by atoms with E-state index in [1.165, 1.54) is 6.42 Å². The van der Waals surface area contributed by atoms with E-state index in [4.69, 9.17) is 4.74 Å². The first kappa shape index (κ1) is 13.7. The van der Waals surface area contributed by atoms with Gasteiger partial charge in [-0.2, -0.15) is 0 Å². The van der Waals surface area contributed by atoms with Gasteiger partial charge in [-0.3, -0.25) is 0 Å². The van der Waals surface area contributed by atoms with Gasteiger partial charge in [0.25, 0.3) is 0 Å². The molecule has 104 valence electrons. The summed E-state index contributed by atoms with van der Waals surface area (Å²) >= 11 is 0. The number of hydrogen-bond donors (Lipinski definition) is 0. The first-order valence-corrected chi connectivity index (χ1v) is 7.29. The first-order valence-electron chi connectivity index (χ1n) is 7.29. The molecular formula is C14H26N2O2. The standard InChI is InChI=1S/C14H26N2O2/c1-4-13-10-18-12(3)9-16(13)14(17)15-7-5-6-11(2)8-15/h11-13H,4-10H2,1-3H3. The molecule has 2 saturated heterocycles. The van der Waals surface area contributed by atoms with E-state index in [9.17, 15) is 4.79 Å². The van der Waals surface area contributed by atoms with Gasteiger partial charge in [0, 0.05) is 19.6 Å². The lowest BCUT2D eigenvalue weighted by atomic mass is 10.0. The topological polar surface area (TPSA) is 32.8 Å². The summed E-state index contributed by atoms with van der Waals surface area (Å²) in [6.45, 7) is 9.67. The third kappa shape index (κ3) is 2.97. The zero-order valence-electron chi connectivity index (χ0n) is 11.9. The summed E-state index contributed by atoms with van der Waals surface area (Å²) in [5.41, 5.74) is 0. The quantitative estimate of drug-likeness (QED) is 0.719. The van der Waals surface area contributed by atoms with Crippen molar-refractivity contribution in [3.8, 4) is 0 Å². The van der Waals surface area contributed by atoms with Crippen LogP contribution in [0.25, 0.3) is 0 Å². The molecule has 0 aromatic rings. The van der Waals surface area contributed by atoms with Gasteiger partial charge < -0.3 is 14.5 Å². The fourth-order valence-corrected chi connectivity index (χ4v) is 2.96. The van der Waals surface area contributed by atoms with Crippen molar-refractivity contribution < 1.29 is 9.53 Å². The lowest BCUT2D eigenvalue weighted by Gasteiger charge is -2.42. The largest absolute Gasteiger partial charge is 0.375 e. The minimum atomic E-state index is 0.166. The van der Waals surface area contributed by atoms with Crippen molar-refractivity contribution >= 4 is 6.03 Å². The van der Waals surface area contributed by atoms with Crippen LogP contribution < -0.4 is 0 Å². The number of rotatable bonds is 1. The minimum Gasteiger partial charge on any atom is -0.375 e. The molecule has 2 amide bonds. The zero-order chi connectivity index (χ0) is 13.1. The highest BCUT2D eigenvalue weighted by molar-refractivity contribution is 5.75. The maximum Gasteiger partial charge on any atom is 0.320 e. The Morgan fingerprint density at radius 3 is 2.78 bits per heavy atom. The number of carbonyl (C=O) groups is 1. The molecule has 18 heavy (non-hydrogen) atoms. The molecule has 0 aromatic heterocycles. The summed E-state index contributed by atoms with van der Waals surface area (Å²) in [5.74, 6) is 0.640. The Morgan fingerprint density at radius 1 is 1.33 bits per heavy atom. The second kappa shape index (κ2) is 5.91. The van der Waals surface area contributed by atoms with Crippen LogP contribution in [0.3, 0.4) is 0 Å². The first-order chi connectivity index (χ1) is 8.61. The molecule has 3 unspecified atom stereocenters. The Kier molecular flexibility index (Phi) is 4.49. The molecule has 2 heterocycles. The van der Waals surface area contributed by atoms with Crippen LogP contribution in [-0.4, -0.2) is 54.2 Å². The van der Waals surface area contributed by atoms with E-state index in [0.29, 0.717) is 12.5 Å². The SMILES string of the molecule is CCC1COC(C)CN1C(=O)N1CCCC(C)C1. The van der Waals surface area contributed by atoms with Crippen molar-refractivity contribution in [3.05, 3.63) is 0 Å². The third-order valence-corrected chi connectivity index (χ3v) is 4.11. The molecule has 0 aromatic carbocycles. The number of likely N-dealkylation sites (tertiary alicyclic amines) is 1. The average molecular weight is 254 g/mol. The number of nitrogens with zero attached hydrogens (tertiary/aromatic N) is 2. The van der Waals surface area contributed by atoms with Crippen LogP contribution in [0, 0.1) is 5.92 Å². The van der Waals surface area contributed by atoms with Crippen LogP contribution in [0.2, 0.25) is 0 Å². The Balaban J connectivity index is 2.00. The monoisotopic (exact) mass is 254 g/mol. The Labute approximate surface area is 110 Å². The highest BCUT2D eigenvalue weighted by Gasteiger charge is 2.33. The zero-order valence-corrected chi connectivity index (χ0v) is 11.9. The number of hydrogen-bond acceptors (Lipinski definition) is 2. The number of morpholine rings is 1. The van der Waals surface area contributed by atoms with E-state index in [0.717, 1.165) is 32.5 Å². The number of amides is 2. The van der Waals surface area contributed by atoms with Crippen LogP contribution in [0.4, 0.5) is 4.79 Å². The molecule has 3 atom stereocenters. The van der Waals surface area contributed by atoms with E-state index in [-0.39, 0.29) is 18.2 Å². The average Bonchev–Trinajstić information content (AvgIpc) is 2.38. The molecule has 2 rings (SSSR count). The van der Waals surface area contributed by atoms with Gasteiger partial charge in [-0.25, -0.2) is 4.79 Å². The lowest BCUT2D eigenvalue weighted by molar-refractivity contribution is -0.0445. The summed E-state index contributed by atoms with van der Waals surface area (Å²) < 4.78 is 5.66. The number of piperidine rings is 1. The molecule has 0 saturated carbocycles. The van der Waals surface area contributed by atoms with Crippen LogP contribution in [0.5, 0.6) is 0 Å². The van der Waals surface area contributed by atoms with Crippen molar-refractivity contribution in [2.45, 2.75) is 52.2 Å². The smallest absolute Gasteiger partial charge is 0.320 e. The summed E-state index contributed by atoms with van der Waals surface area (Å²) in [7, 11) is 0. The fraction of sp³-hybridized carbons (Fsp3) is 0.929. The summed E-state index contributed by atoms with van der Waals surface area (Å²) in [6.07, 6.45) is 3.53. The molecule has 0 radical (unpaired) electrons. The summed E-state index contributed by atoms with van der Waals surface area (Å²) in [6, 6.07) is 0.481.